The molecule has 0 unspecified atom stereocenters. The van der Waals surface area contributed by atoms with Crippen molar-refractivity contribution in [2.24, 2.45) is 10.9 Å². The van der Waals surface area contributed by atoms with E-state index in [1.165, 1.54) is 0 Å². The van der Waals surface area contributed by atoms with Crippen LogP contribution in [0.4, 0.5) is 0 Å². The standard InChI is InChI=1S/C20H35N3O3S.HI/c1-4-21-20(22-12-8-14-26-16-18(2)3)23-13-9-15-27(24,25)17-19-10-6-5-7-11-19;/h5-7,10-11,18H,4,8-9,12-17H2,1-3H3,(H2,21,22,23);1H. The highest BCUT2D eigenvalue weighted by Crippen LogP contribution is 2.07. The zero-order valence-electron chi connectivity index (χ0n) is 17.3. The summed E-state index contributed by atoms with van der Waals surface area (Å²) >= 11 is 0. The maximum Gasteiger partial charge on any atom is 0.191 e. The summed E-state index contributed by atoms with van der Waals surface area (Å²) in [7, 11) is -3.11. The maximum absolute atomic E-state index is 12.2. The Morgan fingerprint density at radius 2 is 1.86 bits per heavy atom. The van der Waals surface area contributed by atoms with Crippen molar-refractivity contribution in [2.45, 2.75) is 39.4 Å². The summed E-state index contributed by atoms with van der Waals surface area (Å²) < 4.78 is 29.9. The summed E-state index contributed by atoms with van der Waals surface area (Å²) in [6.07, 6.45) is 1.42. The second kappa shape index (κ2) is 16.0. The first-order valence-corrected chi connectivity index (χ1v) is 11.6. The van der Waals surface area contributed by atoms with Gasteiger partial charge in [0.25, 0.3) is 0 Å². The SMILES string of the molecule is CCNC(=NCCCS(=O)(=O)Cc1ccccc1)NCCCOCC(C)C.I. The lowest BCUT2D eigenvalue weighted by Gasteiger charge is -2.12. The smallest absolute Gasteiger partial charge is 0.191 e. The van der Waals surface area contributed by atoms with Gasteiger partial charge in [0.1, 0.15) is 0 Å². The molecule has 8 heteroatoms. The number of ether oxygens (including phenoxy) is 1. The molecule has 1 aromatic carbocycles. The number of hydrogen-bond donors (Lipinski definition) is 2. The predicted octanol–water partition coefficient (Wildman–Crippen LogP) is 3.23. The first kappa shape index (κ1) is 27.1. The lowest BCUT2D eigenvalue weighted by molar-refractivity contribution is 0.108. The van der Waals surface area contributed by atoms with Gasteiger partial charge in [0.2, 0.25) is 0 Å². The lowest BCUT2D eigenvalue weighted by atomic mass is 10.2. The van der Waals surface area contributed by atoms with Crippen LogP contribution in [0.1, 0.15) is 39.2 Å². The van der Waals surface area contributed by atoms with Crippen LogP contribution in [-0.2, 0) is 20.3 Å². The van der Waals surface area contributed by atoms with Gasteiger partial charge in [-0.15, -0.1) is 24.0 Å². The third-order valence-corrected chi connectivity index (χ3v) is 5.35. The first-order valence-electron chi connectivity index (χ1n) is 9.77. The van der Waals surface area contributed by atoms with E-state index in [0.29, 0.717) is 18.9 Å². The number of halogens is 1. The van der Waals surface area contributed by atoms with Crippen LogP contribution in [0.3, 0.4) is 0 Å². The van der Waals surface area contributed by atoms with Crippen LogP contribution in [0.25, 0.3) is 0 Å². The average molecular weight is 525 g/mol. The molecule has 0 bridgehead atoms. The zero-order chi connectivity index (χ0) is 20.0. The summed E-state index contributed by atoms with van der Waals surface area (Å²) in [4.78, 5) is 4.46. The Hall–Kier alpha value is -0.870. The highest BCUT2D eigenvalue weighted by atomic mass is 127. The van der Waals surface area contributed by atoms with E-state index in [0.717, 1.165) is 44.2 Å². The van der Waals surface area contributed by atoms with Gasteiger partial charge in [-0.25, -0.2) is 8.42 Å². The van der Waals surface area contributed by atoms with Crippen LogP contribution in [0.5, 0.6) is 0 Å². The van der Waals surface area contributed by atoms with E-state index in [1.807, 2.05) is 37.3 Å². The second-order valence-corrected chi connectivity index (χ2v) is 9.12. The van der Waals surface area contributed by atoms with Crippen LogP contribution in [0.15, 0.2) is 35.3 Å². The molecule has 1 aromatic rings. The Morgan fingerprint density at radius 3 is 2.50 bits per heavy atom. The van der Waals surface area contributed by atoms with Crippen molar-refractivity contribution in [1.29, 1.82) is 0 Å². The van der Waals surface area contributed by atoms with Gasteiger partial charge < -0.3 is 15.4 Å². The van der Waals surface area contributed by atoms with Crippen LogP contribution >= 0.6 is 24.0 Å². The number of nitrogens with zero attached hydrogens (tertiary/aromatic N) is 1. The Morgan fingerprint density at radius 1 is 1.14 bits per heavy atom. The third-order valence-electron chi connectivity index (χ3n) is 3.67. The van der Waals surface area contributed by atoms with Crippen molar-refractivity contribution in [3.8, 4) is 0 Å². The van der Waals surface area contributed by atoms with Gasteiger partial charge in [-0.1, -0.05) is 44.2 Å². The number of benzene rings is 1. The van der Waals surface area contributed by atoms with Crippen LogP contribution in [0, 0.1) is 5.92 Å². The molecule has 0 heterocycles. The highest BCUT2D eigenvalue weighted by molar-refractivity contribution is 14.0. The minimum absolute atomic E-state index is 0. The number of aliphatic imine (C=N–C) groups is 1. The summed E-state index contributed by atoms with van der Waals surface area (Å²) in [5.41, 5.74) is 0.829. The van der Waals surface area contributed by atoms with Crippen molar-refractivity contribution in [2.75, 3.05) is 38.6 Å². The molecule has 28 heavy (non-hydrogen) atoms. The number of rotatable bonds is 13. The molecule has 6 nitrogen and oxygen atoms in total. The molecule has 0 atom stereocenters. The quantitative estimate of drug-likeness (QED) is 0.179. The largest absolute Gasteiger partial charge is 0.381 e. The molecule has 0 aliphatic rings. The van der Waals surface area contributed by atoms with E-state index >= 15 is 0 Å². The Bertz CT molecular complexity index is 637. The van der Waals surface area contributed by atoms with Crippen molar-refractivity contribution in [3.05, 3.63) is 35.9 Å². The van der Waals surface area contributed by atoms with Gasteiger partial charge in [0, 0.05) is 32.8 Å². The fourth-order valence-electron chi connectivity index (χ4n) is 2.42. The van der Waals surface area contributed by atoms with E-state index in [2.05, 4.69) is 29.5 Å². The van der Waals surface area contributed by atoms with E-state index < -0.39 is 9.84 Å². The molecule has 0 amide bonds. The van der Waals surface area contributed by atoms with Crippen LogP contribution in [0.2, 0.25) is 0 Å². The van der Waals surface area contributed by atoms with Gasteiger partial charge >= 0.3 is 0 Å². The van der Waals surface area contributed by atoms with Gasteiger partial charge in [0.05, 0.1) is 11.5 Å². The Kier molecular flexibility index (Phi) is 15.5. The second-order valence-electron chi connectivity index (χ2n) is 6.94. The molecular weight excluding hydrogens is 489 g/mol. The van der Waals surface area contributed by atoms with Crippen molar-refractivity contribution in [1.82, 2.24) is 10.6 Å². The van der Waals surface area contributed by atoms with E-state index in [4.69, 9.17) is 4.74 Å². The third kappa shape index (κ3) is 14.2. The number of guanidine groups is 1. The number of hydrogen-bond acceptors (Lipinski definition) is 4. The van der Waals surface area contributed by atoms with Crippen molar-refractivity contribution >= 4 is 39.8 Å². The molecule has 0 saturated heterocycles. The topological polar surface area (TPSA) is 79.8 Å². The molecule has 2 N–H and O–H groups in total. The van der Waals surface area contributed by atoms with Crippen LogP contribution in [-0.4, -0.2) is 53.0 Å². The van der Waals surface area contributed by atoms with E-state index in [9.17, 15) is 8.42 Å². The predicted molar refractivity (Wildman–Crippen MR) is 128 cm³/mol. The molecule has 0 spiro atoms. The Balaban J connectivity index is 0.00000729. The van der Waals surface area contributed by atoms with Gasteiger partial charge in [-0.3, -0.25) is 4.99 Å². The number of sulfone groups is 1. The molecule has 0 aliphatic heterocycles. The summed E-state index contributed by atoms with van der Waals surface area (Å²) in [6.45, 7) is 9.80. The fraction of sp³-hybridized carbons (Fsp3) is 0.650. The fourth-order valence-corrected chi connectivity index (χ4v) is 3.83. The molecule has 0 aliphatic carbocycles. The molecule has 0 radical (unpaired) electrons. The number of nitrogens with one attached hydrogen (secondary N) is 2. The first-order chi connectivity index (χ1) is 12.9. The van der Waals surface area contributed by atoms with Gasteiger partial charge in [0.15, 0.2) is 15.8 Å². The lowest BCUT2D eigenvalue weighted by Crippen LogP contribution is -2.38. The summed E-state index contributed by atoms with van der Waals surface area (Å²) in [5, 5.41) is 6.43. The molecule has 162 valence electrons. The zero-order valence-corrected chi connectivity index (χ0v) is 20.5. The molecule has 0 aromatic heterocycles. The van der Waals surface area contributed by atoms with Crippen molar-refractivity contribution < 1.29 is 13.2 Å². The molecule has 0 saturated carbocycles. The minimum Gasteiger partial charge on any atom is -0.381 e. The van der Waals surface area contributed by atoms with Gasteiger partial charge in [-0.05, 0) is 31.2 Å². The maximum atomic E-state index is 12.2. The highest BCUT2D eigenvalue weighted by Gasteiger charge is 2.11. The average Bonchev–Trinajstić information content (AvgIpc) is 2.61. The van der Waals surface area contributed by atoms with Gasteiger partial charge in [-0.2, -0.15) is 0 Å². The molecular formula is C20H36IN3O3S. The Labute approximate surface area is 187 Å². The van der Waals surface area contributed by atoms with Crippen molar-refractivity contribution in [3.63, 3.8) is 0 Å². The monoisotopic (exact) mass is 525 g/mol. The van der Waals surface area contributed by atoms with E-state index in [-0.39, 0.29) is 35.5 Å². The minimum atomic E-state index is -3.11. The van der Waals surface area contributed by atoms with Crippen LogP contribution < -0.4 is 10.6 Å². The summed E-state index contributed by atoms with van der Waals surface area (Å²) in [6, 6.07) is 9.28. The summed E-state index contributed by atoms with van der Waals surface area (Å²) in [5.74, 6) is 1.51. The normalized spacial score (nSPS) is 11.9. The molecule has 1 rings (SSSR count). The molecule has 0 fully saturated rings. The van der Waals surface area contributed by atoms with E-state index in [1.54, 1.807) is 0 Å².